The van der Waals surface area contributed by atoms with Crippen molar-refractivity contribution in [3.63, 3.8) is 0 Å². The lowest BCUT2D eigenvalue weighted by Gasteiger charge is -2.00. The third-order valence-corrected chi connectivity index (χ3v) is 4.65. The quantitative estimate of drug-likeness (QED) is 0.808. The summed E-state index contributed by atoms with van der Waals surface area (Å²) in [6, 6.07) is 7.34. The standard InChI is InChI=1S/C13H11N3O2S2/c1-8-7-19-13(14-8)15-11(17)6-16-12(18)9-4-2-3-5-10(9)20-16/h2-5,7H,6H2,1H3,(H,14,15,17). The number of hydrogen-bond acceptors (Lipinski definition) is 5. The summed E-state index contributed by atoms with van der Waals surface area (Å²) in [4.78, 5) is 28.2. The van der Waals surface area contributed by atoms with Crippen LogP contribution in [0.3, 0.4) is 0 Å². The number of amides is 1. The summed E-state index contributed by atoms with van der Waals surface area (Å²) >= 11 is 2.66. The Morgan fingerprint density at radius 2 is 2.20 bits per heavy atom. The average molecular weight is 305 g/mol. The highest BCUT2D eigenvalue weighted by molar-refractivity contribution is 7.14. The second-order valence-corrected chi connectivity index (χ2v) is 6.19. The molecular weight excluding hydrogens is 294 g/mol. The maximum atomic E-state index is 12.1. The first-order valence-electron chi connectivity index (χ1n) is 5.94. The average Bonchev–Trinajstić information content (AvgIpc) is 2.95. The third kappa shape index (κ3) is 2.50. The summed E-state index contributed by atoms with van der Waals surface area (Å²) in [5.41, 5.74) is 0.736. The molecule has 0 aliphatic carbocycles. The molecule has 0 aliphatic rings. The molecule has 0 saturated heterocycles. The van der Waals surface area contributed by atoms with E-state index in [4.69, 9.17) is 0 Å². The zero-order chi connectivity index (χ0) is 14.1. The fourth-order valence-electron chi connectivity index (χ4n) is 1.82. The van der Waals surface area contributed by atoms with Crippen LogP contribution >= 0.6 is 22.9 Å². The van der Waals surface area contributed by atoms with Crippen LogP contribution in [0.5, 0.6) is 0 Å². The minimum atomic E-state index is -0.243. The molecule has 102 valence electrons. The smallest absolute Gasteiger partial charge is 0.268 e. The molecule has 3 rings (SSSR count). The van der Waals surface area contributed by atoms with E-state index in [1.54, 1.807) is 6.07 Å². The maximum absolute atomic E-state index is 12.1. The monoisotopic (exact) mass is 305 g/mol. The number of carbonyl (C=O) groups excluding carboxylic acids is 1. The van der Waals surface area contributed by atoms with E-state index >= 15 is 0 Å². The number of nitrogens with one attached hydrogen (secondary N) is 1. The van der Waals surface area contributed by atoms with Crippen molar-refractivity contribution in [2.24, 2.45) is 0 Å². The molecule has 0 saturated carbocycles. The Bertz CT molecular complexity index is 831. The van der Waals surface area contributed by atoms with Gasteiger partial charge in [-0.25, -0.2) is 4.98 Å². The van der Waals surface area contributed by atoms with Gasteiger partial charge in [0.05, 0.1) is 15.8 Å². The van der Waals surface area contributed by atoms with Gasteiger partial charge in [-0.05, 0) is 19.1 Å². The van der Waals surface area contributed by atoms with Gasteiger partial charge in [-0.1, -0.05) is 23.7 Å². The van der Waals surface area contributed by atoms with E-state index in [0.717, 1.165) is 10.4 Å². The molecule has 0 bridgehead atoms. The van der Waals surface area contributed by atoms with Gasteiger partial charge in [0.25, 0.3) is 5.56 Å². The lowest BCUT2D eigenvalue weighted by atomic mass is 10.3. The van der Waals surface area contributed by atoms with Gasteiger partial charge in [0.1, 0.15) is 6.54 Å². The van der Waals surface area contributed by atoms with Gasteiger partial charge >= 0.3 is 0 Å². The van der Waals surface area contributed by atoms with Crippen molar-refractivity contribution in [3.8, 4) is 0 Å². The van der Waals surface area contributed by atoms with Crippen LogP contribution < -0.4 is 10.9 Å². The third-order valence-electron chi connectivity index (χ3n) is 2.71. The van der Waals surface area contributed by atoms with Gasteiger partial charge in [0.2, 0.25) is 5.91 Å². The highest BCUT2D eigenvalue weighted by Gasteiger charge is 2.11. The van der Waals surface area contributed by atoms with Crippen LogP contribution in [-0.4, -0.2) is 14.8 Å². The molecule has 7 heteroatoms. The summed E-state index contributed by atoms with van der Waals surface area (Å²) in [5, 5.41) is 5.77. The van der Waals surface area contributed by atoms with Crippen LogP contribution in [0, 0.1) is 6.92 Å². The normalized spacial score (nSPS) is 10.8. The van der Waals surface area contributed by atoms with Gasteiger partial charge in [-0.15, -0.1) is 11.3 Å². The van der Waals surface area contributed by atoms with Crippen LogP contribution in [0.25, 0.3) is 10.1 Å². The van der Waals surface area contributed by atoms with E-state index in [2.05, 4.69) is 10.3 Å². The Morgan fingerprint density at radius 1 is 1.40 bits per heavy atom. The molecule has 5 nitrogen and oxygen atoms in total. The van der Waals surface area contributed by atoms with E-state index in [1.165, 1.54) is 26.8 Å². The van der Waals surface area contributed by atoms with Crippen LogP contribution in [-0.2, 0) is 11.3 Å². The Labute approximate surface area is 122 Å². The molecule has 1 aromatic carbocycles. The fourth-order valence-corrected chi connectivity index (χ4v) is 3.52. The Balaban J connectivity index is 1.81. The number of fused-ring (bicyclic) bond motifs is 1. The molecular formula is C13H11N3O2S2. The van der Waals surface area contributed by atoms with Gasteiger partial charge in [0.15, 0.2) is 5.13 Å². The molecule has 1 amide bonds. The SMILES string of the molecule is Cc1csc(NC(=O)Cn2sc3ccccc3c2=O)n1. The van der Waals surface area contributed by atoms with Crippen molar-refractivity contribution < 1.29 is 4.79 Å². The number of anilines is 1. The topological polar surface area (TPSA) is 64.0 Å². The molecule has 0 unspecified atom stereocenters. The fraction of sp³-hybridized carbons (Fsp3) is 0.154. The molecule has 0 spiro atoms. The minimum Gasteiger partial charge on any atom is -0.300 e. The Kier molecular flexibility index (Phi) is 3.37. The van der Waals surface area contributed by atoms with E-state index in [9.17, 15) is 9.59 Å². The van der Waals surface area contributed by atoms with Crippen LogP contribution in [0.2, 0.25) is 0 Å². The summed E-state index contributed by atoms with van der Waals surface area (Å²) in [5.74, 6) is -0.243. The van der Waals surface area contributed by atoms with E-state index in [1.807, 2.05) is 30.5 Å². The largest absolute Gasteiger partial charge is 0.300 e. The second-order valence-electron chi connectivity index (χ2n) is 4.27. The molecule has 2 aromatic heterocycles. The number of carbonyl (C=O) groups is 1. The highest BCUT2D eigenvalue weighted by Crippen LogP contribution is 2.17. The van der Waals surface area contributed by atoms with Crippen LogP contribution in [0.15, 0.2) is 34.4 Å². The molecule has 1 N–H and O–H groups in total. The lowest BCUT2D eigenvalue weighted by molar-refractivity contribution is -0.116. The summed E-state index contributed by atoms with van der Waals surface area (Å²) in [6.45, 7) is 1.87. The van der Waals surface area contributed by atoms with Crippen LogP contribution in [0.1, 0.15) is 5.69 Å². The van der Waals surface area contributed by atoms with Crippen LogP contribution in [0.4, 0.5) is 5.13 Å². The first kappa shape index (κ1) is 13.0. The first-order valence-corrected chi connectivity index (χ1v) is 7.59. The number of benzene rings is 1. The van der Waals surface area contributed by atoms with E-state index < -0.39 is 0 Å². The lowest BCUT2D eigenvalue weighted by Crippen LogP contribution is -2.23. The van der Waals surface area contributed by atoms with Gasteiger partial charge < -0.3 is 5.32 Å². The number of thiazole rings is 1. The van der Waals surface area contributed by atoms with Crippen molar-refractivity contribution in [1.29, 1.82) is 0 Å². The molecule has 0 atom stereocenters. The van der Waals surface area contributed by atoms with Gasteiger partial charge in [-0.2, -0.15) is 0 Å². The van der Waals surface area contributed by atoms with Crippen molar-refractivity contribution >= 4 is 44.0 Å². The van der Waals surface area contributed by atoms with E-state index in [-0.39, 0.29) is 18.0 Å². The van der Waals surface area contributed by atoms with Gasteiger partial charge in [0, 0.05) is 5.38 Å². The molecule has 20 heavy (non-hydrogen) atoms. The molecule has 0 radical (unpaired) electrons. The van der Waals surface area contributed by atoms with E-state index in [0.29, 0.717) is 10.5 Å². The number of hydrogen-bond donors (Lipinski definition) is 1. The Morgan fingerprint density at radius 3 is 2.90 bits per heavy atom. The molecule has 2 heterocycles. The number of nitrogens with zero attached hydrogens (tertiary/aromatic N) is 2. The Hall–Kier alpha value is -1.99. The molecule has 3 aromatic rings. The van der Waals surface area contributed by atoms with Gasteiger partial charge in [-0.3, -0.25) is 13.5 Å². The van der Waals surface area contributed by atoms with Crippen molar-refractivity contribution in [3.05, 3.63) is 45.7 Å². The predicted molar refractivity (Wildman–Crippen MR) is 81.6 cm³/mol. The predicted octanol–water partition coefficient (Wildman–Crippen LogP) is 2.47. The summed E-state index contributed by atoms with van der Waals surface area (Å²) in [7, 11) is 0. The minimum absolute atomic E-state index is 0.0107. The number of aryl methyl sites for hydroxylation is 1. The zero-order valence-electron chi connectivity index (χ0n) is 10.6. The van der Waals surface area contributed by atoms with Crippen molar-refractivity contribution in [1.82, 2.24) is 8.94 Å². The number of rotatable bonds is 3. The zero-order valence-corrected chi connectivity index (χ0v) is 12.3. The first-order chi connectivity index (χ1) is 9.63. The molecule has 0 aliphatic heterocycles. The second kappa shape index (κ2) is 5.18. The highest BCUT2D eigenvalue weighted by atomic mass is 32.1. The summed E-state index contributed by atoms with van der Waals surface area (Å²) < 4.78 is 2.34. The van der Waals surface area contributed by atoms with Crippen molar-refractivity contribution in [2.45, 2.75) is 13.5 Å². The number of aromatic nitrogens is 2. The summed E-state index contributed by atoms with van der Waals surface area (Å²) in [6.07, 6.45) is 0. The molecule has 0 fully saturated rings. The van der Waals surface area contributed by atoms with Crippen molar-refractivity contribution in [2.75, 3.05) is 5.32 Å². The maximum Gasteiger partial charge on any atom is 0.268 e.